The van der Waals surface area contributed by atoms with Gasteiger partial charge in [0.2, 0.25) is 0 Å². The lowest BCUT2D eigenvalue weighted by atomic mass is 9.90. The fourth-order valence-electron chi connectivity index (χ4n) is 2.96. The summed E-state index contributed by atoms with van der Waals surface area (Å²) in [6.07, 6.45) is 4.05. The minimum absolute atomic E-state index is 0.369. The van der Waals surface area contributed by atoms with Crippen molar-refractivity contribution in [1.82, 2.24) is 9.88 Å². The molecule has 0 aliphatic carbocycles. The lowest BCUT2D eigenvalue weighted by Crippen LogP contribution is -2.52. The molecule has 0 spiro atoms. The molecule has 2 saturated heterocycles. The van der Waals surface area contributed by atoms with E-state index >= 15 is 0 Å². The summed E-state index contributed by atoms with van der Waals surface area (Å²) in [6.45, 7) is 3.91. The second-order valence-electron chi connectivity index (χ2n) is 5.49. The van der Waals surface area contributed by atoms with Gasteiger partial charge in [0, 0.05) is 12.7 Å². The Hall–Kier alpha value is -1.46. The number of methoxy groups -OCH3 is 1. The molecule has 3 heterocycles. The van der Waals surface area contributed by atoms with Gasteiger partial charge in [0.1, 0.15) is 5.69 Å². The van der Waals surface area contributed by atoms with Crippen LogP contribution in [0, 0.1) is 0 Å². The van der Waals surface area contributed by atoms with Crippen molar-refractivity contribution in [1.29, 1.82) is 0 Å². The summed E-state index contributed by atoms with van der Waals surface area (Å²) >= 11 is 0. The maximum atomic E-state index is 11.6. The third kappa shape index (κ3) is 2.69. The highest BCUT2D eigenvalue weighted by atomic mass is 16.5. The van der Waals surface area contributed by atoms with E-state index in [9.17, 15) is 4.79 Å². The molecule has 0 aromatic carbocycles. The van der Waals surface area contributed by atoms with Crippen molar-refractivity contribution in [2.24, 2.45) is 0 Å². The van der Waals surface area contributed by atoms with Crippen LogP contribution in [0.1, 0.15) is 34.8 Å². The van der Waals surface area contributed by atoms with Gasteiger partial charge in [-0.25, -0.2) is 9.78 Å². The minimum Gasteiger partial charge on any atom is -0.464 e. The Labute approximate surface area is 118 Å². The van der Waals surface area contributed by atoms with Crippen molar-refractivity contribution >= 4 is 5.97 Å². The first-order valence-electron chi connectivity index (χ1n) is 7.14. The van der Waals surface area contributed by atoms with Gasteiger partial charge in [-0.2, -0.15) is 0 Å². The van der Waals surface area contributed by atoms with E-state index in [4.69, 9.17) is 9.47 Å². The van der Waals surface area contributed by atoms with Crippen molar-refractivity contribution in [3.8, 4) is 0 Å². The van der Waals surface area contributed by atoms with E-state index < -0.39 is 0 Å². The van der Waals surface area contributed by atoms with E-state index in [1.807, 2.05) is 12.1 Å². The van der Waals surface area contributed by atoms with E-state index in [0.717, 1.165) is 32.7 Å². The molecule has 2 fully saturated rings. The zero-order valence-corrected chi connectivity index (χ0v) is 11.7. The van der Waals surface area contributed by atoms with Gasteiger partial charge in [-0.3, -0.25) is 4.90 Å². The van der Waals surface area contributed by atoms with Crippen molar-refractivity contribution in [2.75, 3.05) is 33.4 Å². The average Bonchev–Trinajstić information content (AvgIpc) is 2.45. The molecule has 0 amide bonds. The molecule has 1 aromatic heterocycles. The topological polar surface area (TPSA) is 51.7 Å². The highest BCUT2D eigenvalue weighted by Gasteiger charge is 2.31. The lowest BCUT2D eigenvalue weighted by molar-refractivity contribution is -0.0722. The van der Waals surface area contributed by atoms with Crippen molar-refractivity contribution in [3.05, 3.63) is 29.6 Å². The average molecular weight is 276 g/mol. The van der Waals surface area contributed by atoms with Crippen LogP contribution < -0.4 is 0 Å². The van der Waals surface area contributed by atoms with Crippen LogP contribution in [0.25, 0.3) is 0 Å². The number of esters is 1. The predicted molar refractivity (Wildman–Crippen MR) is 73.7 cm³/mol. The Morgan fingerprint density at radius 3 is 3.05 bits per heavy atom. The Morgan fingerprint density at radius 1 is 1.50 bits per heavy atom. The number of piperidine rings is 1. The van der Waals surface area contributed by atoms with Gasteiger partial charge in [0.25, 0.3) is 0 Å². The van der Waals surface area contributed by atoms with Crippen LogP contribution in [-0.4, -0.2) is 55.3 Å². The number of pyridine rings is 1. The number of nitrogens with zero attached hydrogens (tertiary/aromatic N) is 2. The predicted octanol–water partition coefficient (Wildman–Crippen LogP) is 1.45. The molecule has 0 bridgehead atoms. The fraction of sp³-hybridized carbons (Fsp3) is 0.600. The first-order valence-corrected chi connectivity index (χ1v) is 7.14. The molecule has 5 nitrogen and oxygen atoms in total. The summed E-state index contributed by atoms with van der Waals surface area (Å²) in [5.41, 5.74) is 1.58. The monoisotopic (exact) mass is 276 g/mol. The number of hydrogen-bond acceptors (Lipinski definition) is 5. The van der Waals surface area contributed by atoms with Gasteiger partial charge in [-0.15, -0.1) is 0 Å². The molecular weight excluding hydrogens is 256 g/mol. The normalized spacial score (nSPS) is 24.1. The molecule has 0 radical (unpaired) electrons. The second kappa shape index (κ2) is 5.89. The molecule has 1 atom stereocenters. The summed E-state index contributed by atoms with van der Waals surface area (Å²) in [7, 11) is 1.38. The standard InChI is InChI=1S/C15H20N2O3/c1-19-15(18)14-7-11(4-5-16-14)12-3-2-6-17(8-12)13-9-20-10-13/h4-5,7,12-13H,2-3,6,8-10H2,1H3. The molecule has 2 aliphatic rings. The number of hydrogen-bond donors (Lipinski definition) is 0. The first-order chi connectivity index (χ1) is 9.78. The van der Waals surface area contributed by atoms with Gasteiger partial charge in [0.15, 0.2) is 0 Å². The first kappa shape index (κ1) is 13.5. The van der Waals surface area contributed by atoms with Crippen molar-refractivity contribution < 1.29 is 14.3 Å². The SMILES string of the molecule is COC(=O)c1cc(C2CCCN(C3COC3)C2)ccn1. The molecule has 0 saturated carbocycles. The third-order valence-corrected chi connectivity index (χ3v) is 4.24. The maximum Gasteiger partial charge on any atom is 0.356 e. The zero-order chi connectivity index (χ0) is 13.9. The Morgan fingerprint density at radius 2 is 2.35 bits per heavy atom. The summed E-state index contributed by atoms with van der Waals surface area (Å²) in [6, 6.07) is 4.47. The molecule has 1 unspecified atom stereocenters. The van der Waals surface area contributed by atoms with Crippen LogP contribution in [0.5, 0.6) is 0 Å². The lowest BCUT2D eigenvalue weighted by Gasteiger charge is -2.42. The van der Waals surface area contributed by atoms with Gasteiger partial charge >= 0.3 is 5.97 Å². The molecule has 1 aromatic rings. The Kier molecular flexibility index (Phi) is 3.98. The van der Waals surface area contributed by atoms with Gasteiger partial charge in [-0.05, 0) is 43.0 Å². The summed E-state index contributed by atoms with van der Waals surface area (Å²) in [4.78, 5) is 18.2. The molecule has 20 heavy (non-hydrogen) atoms. The smallest absolute Gasteiger partial charge is 0.356 e. The molecule has 0 N–H and O–H groups in total. The van der Waals surface area contributed by atoms with Crippen molar-refractivity contribution in [2.45, 2.75) is 24.8 Å². The fourth-order valence-corrected chi connectivity index (χ4v) is 2.96. The maximum absolute atomic E-state index is 11.6. The van der Waals surface area contributed by atoms with E-state index in [2.05, 4.69) is 9.88 Å². The Balaban J connectivity index is 1.72. The zero-order valence-electron chi connectivity index (χ0n) is 11.7. The highest BCUT2D eigenvalue weighted by Crippen LogP contribution is 2.29. The number of aromatic nitrogens is 1. The van der Waals surface area contributed by atoms with Crippen LogP contribution in [-0.2, 0) is 9.47 Å². The van der Waals surface area contributed by atoms with Crippen LogP contribution in [0.15, 0.2) is 18.3 Å². The third-order valence-electron chi connectivity index (χ3n) is 4.24. The second-order valence-corrected chi connectivity index (χ2v) is 5.49. The number of ether oxygens (including phenoxy) is 2. The van der Waals surface area contributed by atoms with E-state index in [1.54, 1.807) is 6.20 Å². The molecule has 5 heteroatoms. The molecule has 2 aliphatic heterocycles. The number of rotatable bonds is 3. The minimum atomic E-state index is -0.369. The highest BCUT2D eigenvalue weighted by molar-refractivity contribution is 5.87. The largest absolute Gasteiger partial charge is 0.464 e. The van der Waals surface area contributed by atoms with Crippen LogP contribution in [0.4, 0.5) is 0 Å². The van der Waals surface area contributed by atoms with E-state index in [-0.39, 0.29) is 5.97 Å². The summed E-state index contributed by atoms with van der Waals surface area (Å²) < 4.78 is 10.0. The number of carbonyl (C=O) groups is 1. The van der Waals surface area contributed by atoms with E-state index in [0.29, 0.717) is 17.7 Å². The van der Waals surface area contributed by atoms with Crippen molar-refractivity contribution in [3.63, 3.8) is 0 Å². The molecule has 3 rings (SSSR count). The number of likely N-dealkylation sites (tertiary alicyclic amines) is 1. The van der Waals surface area contributed by atoms with E-state index in [1.165, 1.54) is 19.1 Å². The van der Waals surface area contributed by atoms with Crippen LogP contribution >= 0.6 is 0 Å². The molecular formula is C15H20N2O3. The van der Waals surface area contributed by atoms with Crippen LogP contribution in [0.2, 0.25) is 0 Å². The van der Waals surface area contributed by atoms with Gasteiger partial charge in [0.05, 0.1) is 26.4 Å². The molecule has 108 valence electrons. The van der Waals surface area contributed by atoms with Gasteiger partial charge < -0.3 is 9.47 Å². The van der Waals surface area contributed by atoms with Gasteiger partial charge in [-0.1, -0.05) is 0 Å². The summed E-state index contributed by atoms with van der Waals surface area (Å²) in [5.74, 6) is 0.0997. The quantitative estimate of drug-likeness (QED) is 0.782. The Bertz CT molecular complexity index is 488. The van der Waals surface area contributed by atoms with Crippen LogP contribution in [0.3, 0.4) is 0 Å². The number of carbonyl (C=O) groups excluding carboxylic acids is 1. The summed E-state index contributed by atoms with van der Waals surface area (Å²) in [5, 5.41) is 0.